The van der Waals surface area contributed by atoms with Crippen LogP contribution in [0.4, 0.5) is 0 Å². The molecule has 6 nitrogen and oxygen atoms in total. The predicted octanol–water partition coefficient (Wildman–Crippen LogP) is 6.31. The molecule has 0 spiro atoms. The summed E-state index contributed by atoms with van der Waals surface area (Å²) in [6.07, 6.45) is 0.507. The molecule has 0 bridgehead atoms. The third-order valence-corrected chi connectivity index (χ3v) is 6.32. The van der Waals surface area contributed by atoms with Crippen LogP contribution in [0, 0.1) is 5.92 Å². The molecule has 0 aliphatic carbocycles. The van der Waals surface area contributed by atoms with Gasteiger partial charge in [0, 0.05) is 18.7 Å². The van der Waals surface area contributed by atoms with E-state index in [0.29, 0.717) is 23.9 Å². The molecule has 1 unspecified atom stereocenters. The summed E-state index contributed by atoms with van der Waals surface area (Å²) in [7, 11) is 0. The van der Waals surface area contributed by atoms with E-state index < -0.39 is 5.97 Å². The monoisotopic (exact) mass is 502 g/mol. The van der Waals surface area contributed by atoms with Crippen LogP contribution < -0.4 is 15.8 Å². The van der Waals surface area contributed by atoms with Crippen molar-refractivity contribution in [3.05, 3.63) is 89.0 Å². The fourth-order valence-electron chi connectivity index (χ4n) is 4.22. The summed E-state index contributed by atoms with van der Waals surface area (Å²) in [5, 5.41) is 11.4. The van der Waals surface area contributed by atoms with Gasteiger partial charge >= 0.3 is 5.97 Å². The van der Waals surface area contributed by atoms with Gasteiger partial charge in [-0.25, -0.2) is 0 Å². The Balaban J connectivity index is 1.78. The van der Waals surface area contributed by atoms with Crippen molar-refractivity contribution in [2.24, 2.45) is 11.7 Å². The molecule has 1 amide bonds. The zero-order valence-corrected chi connectivity index (χ0v) is 22.2. The third kappa shape index (κ3) is 7.92. The van der Waals surface area contributed by atoms with Gasteiger partial charge in [-0.3, -0.25) is 9.59 Å². The molecule has 3 rings (SSSR count). The highest BCUT2D eigenvalue weighted by atomic mass is 16.5. The number of benzene rings is 3. The van der Waals surface area contributed by atoms with Gasteiger partial charge in [0.15, 0.2) is 0 Å². The van der Waals surface area contributed by atoms with E-state index in [1.54, 1.807) is 12.1 Å². The Bertz CT molecular complexity index is 1180. The maximum Gasteiger partial charge on any atom is 0.305 e. The first-order valence-electron chi connectivity index (χ1n) is 12.9. The van der Waals surface area contributed by atoms with E-state index in [1.165, 1.54) is 5.56 Å². The molecule has 37 heavy (non-hydrogen) atoms. The number of amides is 1. The van der Waals surface area contributed by atoms with Crippen LogP contribution in [-0.4, -0.2) is 23.5 Å². The van der Waals surface area contributed by atoms with Crippen LogP contribution in [-0.2, 0) is 11.3 Å². The normalized spacial score (nSPS) is 12.0. The zero-order valence-electron chi connectivity index (χ0n) is 22.2. The van der Waals surface area contributed by atoms with Crippen LogP contribution in [0.3, 0.4) is 0 Å². The van der Waals surface area contributed by atoms with Crippen molar-refractivity contribution in [1.82, 2.24) is 5.32 Å². The number of carbonyl (C=O) groups excluding carboxylic acids is 1. The molecule has 4 N–H and O–H groups in total. The number of nitrogens with one attached hydrogen (secondary N) is 1. The molecule has 3 aromatic carbocycles. The number of nitrogens with two attached hydrogens (primary N) is 1. The lowest BCUT2D eigenvalue weighted by Gasteiger charge is -2.23. The fourth-order valence-corrected chi connectivity index (χ4v) is 4.22. The number of carbonyl (C=O) groups is 2. The maximum absolute atomic E-state index is 12.3. The van der Waals surface area contributed by atoms with E-state index in [-0.39, 0.29) is 25.0 Å². The Morgan fingerprint density at radius 1 is 0.919 bits per heavy atom. The minimum Gasteiger partial charge on any atom is -0.486 e. The average molecular weight is 503 g/mol. The number of hydrogen-bond acceptors (Lipinski definition) is 4. The second-order valence-electron chi connectivity index (χ2n) is 10.1. The van der Waals surface area contributed by atoms with Gasteiger partial charge in [-0.2, -0.15) is 0 Å². The molecule has 1 atom stereocenters. The van der Waals surface area contributed by atoms with Crippen molar-refractivity contribution in [1.29, 1.82) is 0 Å². The van der Waals surface area contributed by atoms with Gasteiger partial charge in [0.25, 0.3) is 5.91 Å². The van der Waals surface area contributed by atoms with Crippen LogP contribution in [0.1, 0.15) is 79.6 Å². The van der Waals surface area contributed by atoms with Gasteiger partial charge in [-0.05, 0) is 70.3 Å². The molecule has 0 aliphatic rings. The molecule has 0 aromatic heterocycles. The minimum atomic E-state index is -0.945. The SMILES string of the molecule is CC(C)CC(Oc1ccc(-c2ccc(C(C)C)cc2)c(CN)c1)c1ccc(C(=O)NCCC(=O)O)cc1. The third-order valence-electron chi connectivity index (χ3n) is 6.32. The second kappa shape index (κ2) is 13.1. The number of carboxylic acid groups (broad SMARTS) is 1. The lowest BCUT2D eigenvalue weighted by atomic mass is 9.95. The maximum atomic E-state index is 12.3. The lowest BCUT2D eigenvalue weighted by Crippen LogP contribution is -2.26. The Kier molecular flexibility index (Phi) is 9.86. The first-order valence-corrected chi connectivity index (χ1v) is 12.9. The van der Waals surface area contributed by atoms with Gasteiger partial charge in [0.2, 0.25) is 0 Å². The largest absolute Gasteiger partial charge is 0.486 e. The van der Waals surface area contributed by atoms with E-state index in [2.05, 4.69) is 63.3 Å². The molecule has 0 heterocycles. The van der Waals surface area contributed by atoms with E-state index in [9.17, 15) is 9.59 Å². The van der Waals surface area contributed by atoms with Crippen molar-refractivity contribution >= 4 is 11.9 Å². The van der Waals surface area contributed by atoms with Crippen LogP contribution in [0.15, 0.2) is 66.7 Å². The zero-order chi connectivity index (χ0) is 26.9. The minimum absolute atomic E-state index is 0.0936. The summed E-state index contributed by atoms with van der Waals surface area (Å²) in [6, 6.07) is 22.0. The van der Waals surface area contributed by atoms with E-state index in [1.807, 2.05) is 24.3 Å². The van der Waals surface area contributed by atoms with Crippen LogP contribution in [0.25, 0.3) is 11.1 Å². The summed E-state index contributed by atoms with van der Waals surface area (Å²) in [5.74, 6) is 0.399. The van der Waals surface area contributed by atoms with Gasteiger partial charge in [-0.15, -0.1) is 0 Å². The fraction of sp³-hybridized carbons (Fsp3) is 0.355. The number of hydrogen-bond donors (Lipinski definition) is 3. The molecule has 0 saturated heterocycles. The van der Waals surface area contributed by atoms with Crippen molar-refractivity contribution in [2.45, 2.75) is 59.1 Å². The molecular formula is C31H38N2O4. The van der Waals surface area contributed by atoms with Gasteiger partial charge in [-0.1, -0.05) is 70.2 Å². The molecule has 3 aromatic rings. The summed E-state index contributed by atoms with van der Waals surface area (Å²) in [6.45, 7) is 9.16. The molecule has 0 radical (unpaired) electrons. The van der Waals surface area contributed by atoms with Crippen LogP contribution >= 0.6 is 0 Å². The first kappa shape index (κ1) is 27.9. The van der Waals surface area contributed by atoms with Crippen molar-refractivity contribution < 1.29 is 19.4 Å². The van der Waals surface area contributed by atoms with Crippen molar-refractivity contribution in [2.75, 3.05) is 6.54 Å². The molecular weight excluding hydrogens is 464 g/mol. The Morgan fingerprint density at radius 3 is 2.14 bits per heavy atom. The van der Waals surface area contributed by atoms with E-state index >= 15 is 0 Å². The Hall–Kier alpha value is -3.64. The Labute approximate surface area is 219 Å². The van der Waals surface area contributed by atoms with Gasteiger partial charge in [0.05, 0.1) is 6.42 Å². The van der Waals surface area contributed by atoms with Gasteiger partial charge < -0.3 is 20.9 Å². The van der Waals surface area contributed by atoms with Crippen LogP contribution in [0.2, 0.25) is 0 Å². The number of rotatable bonds is 12. The Morgan fingerprint density at radius 2 is 1.57 bits per heavy atom. The van der Waals surface area contributed by atoms with Crippen molar-refractivity contribution in [3.63, 3.8) is 0 Å². The first-order chi connectivity index (χ1) is 17.7. The summed E-state index contributed by atoms with van der Waals surface area (Å²) >= 11 is 0. The number of ether oxygens (including phenoxy) is 1. The highest BCUT2D eigenvalue weighted by Gasteiger charge is 2.18. The average Bonchev–Trinajstić information content (AvgIpc) is 2.88. The standard InChI is InChI=1S/C31H38N2O4/c1-20(2)17-29(24-9-11-25(12-10-24)31(36)33-16-15-30(34)35)37-27-13-14-28(26(18-27)19-32)23-7-5-22(6-8-23)21(3)4/h5-14,18,20-21,29H,15-17,19,32H2,1-4H3,(H,33,36)(H,34,35). The smallest absolute Gasteiger partial charge is 0.305 e. The van der Waals surface area contributed by atoms with E-state index in [0.717, 1.165) is 34.4 Å². The van der Waals surface area contributed by atoms with Crippen LogP contribution in [0.5, 0.6) is 5.75 Å². The highest BCUT2D eigenvalue weighted by molar-refractivity contribution is 5.94. The lowest BCUT2D eigenvalue weighted by molar-refractivity contribution is -0.136. The van der Waals surface area contributed by atoms with E-state index in [4.69, 9.17) is 15.6 Å². The highest BCUT2D eigenvalue weighted by Crippen LogP contribution is 2.32. The summed E-state index contributed by atoms with van der Waals surface area (Å²) in [5.41, 5.74) is 12.1. The number of carboxylic acids is 1. The summed E-state index contributed by atoms with van der Waals surface area (Å²) in [4.78, 5) is 23.0. The molecule has 0 fully saturated rings. The number of aliphatic carboxylic acids is 1. The molecule has 0 aliphatic heterocycles. The molecule has 0 saturated carbocycles. The topological polar surface area (TPSA) is 102 Å². The van der Waals surface area contributed by atoms with Crippen molar-refractivity contribution in [3.8, 4) is 16.9 Å². The molecule has 196 valence electrons. The summed E-state index contributed by atoms with van der Waals surface area (Å²) < 4.78 is 6.47. The predicted molar refractivity (Wildman–Crippen MR) is 148 cm³/mol. The molecule has 6 heteroatoms. The quantitative estimate of drug-likeness (QED) is 0.269. The second-order valence-corrected chi connectivity index (χ2v) is 10.1. The van der Waals surface area contributed by atoms with Gasteiger partial charge in [0.1, 0.15) is 11.9 Å².